The average molecular weight is 349 g/mol. The van der Waals surface area contributed by atoms with Gasteiger partial charge in [0.25, 0.3) is 0 Å². The normalized spacial score (nSPS) is 27.1. The molecule has 1 aromatic rings. The lowest BCUT2D eigenvalue weighted by atomic mass is 10.0. The van der Waals surface area contributed by atoms with Crippen molar-refractivity contribution >= 4 is 17.5 Å². The first-order valence-electron chi connectivity index (χ1n) is 9.01. The van der Waals surface area contributed by atoms with Crippen LogP contribution in [0.3, 0.4) is 0 Å². The third kappa shape index (κ3) is 4.79. The van der Waals surface area contributed by atoms with Crippen molar-refractivity contribution < 1.29 is 14.3 Å². The first-order valence-corrected chi connectivity index (χ1v) is 9.01. The van der Waals surface area contributed by atoms with E-state index in [-0.39, 0.29) is 36.6 Å². The Morgan fingerprint density at radius 1 is 1.32 bits per heavy atom. The number of amides is 2. The van der Waals surface area contributed by atoms with Crippen molar-refractivity contribution in [2.24, 2.45) is 0 Å². The van der Waals surface area contributed by atoms with Gasteiger partial charge in [0, 0.05) is 19.3 Å². The first kappa shape index (κ1) is 17.9. The molecular formula is C17H27N5O3. The Bertz CT molecular complexity index is 601. The molecule has 138 valence electrons. The fourth-order valence-corrected chi connectivity index (χ4v) is 3.44. The van der Waals surface area contributed by atoms with Gasteiger partial charge in [0.05, 0.1) is 30.1 Å². The number of carbonyl (C=O) groups excluding carboxylic acids is 2. The predicted molar refractivity (Wildman–Crippen MR) is 93.1 cm³/mol. The van der Waals surface area contributed by atoms with Crippen LogP contribution in [0, 0.1) is 0 Å². The monoisotopic (exact) mass is 349 g/mol. The van der Waals surface area contributed by atoms with Crippen LogP contribution in [0.1, 0.15) is 33.1 Å². The van der Waals surface area contributed by atoms with Crippen LogP contribution >= 0.6 is 0 Å². The number of ether oxygens (including phenoxy) is 1. The topological polar surface area (TPSA) is 88.5 Å². The number of nitrogens with one attached hydrogen (secondary N) is 2. The molecule has 0 bridgehead atoms. The lowest BCUT2D eigenvalue weighted by Crippen LogP contribution is -2.49. The summed E-state index contributed by atoms with van der Waals surface area (Å²) in [7, 11) is 0. The predicted octanol–water partition coefficient (Wildman–Crippen LogP) is 0.600. The Morgan fingerprint density at radius 2 is 2.08 bits per heavy atom. The highest BCUT2D eigenvalue weighted by atomic mass is 16.5. The van der Waals surface area contributed by atoms with Gasteiger partial charge in [-0.3, -0.25) is 14.3 Å². The van der Waals surface area contributed by atoms with Crippen LogP contribution in [0.25, 0.3) is 0 Å². The molecule has 25 heavy (non-hydrogen) atoms. The highest BCUT2D eigenvalue weighted by Gasteiger charge is 2.26. The molecule has 2 saturated heterocycles. The number of aromatic nitrogens is 2. The average Bonchev–Trinajstić information content (AvgIpc) is 3.01. The van der Waals surface area contributed by atoms with Crippen LogP contribution in [-0.2, 0) is 20.9 Å². The van der Waals surface area contributed by atoms with E-state index in [0.29, 0.717) is 18.8 Å². The molecule has 3 heterocycles. The molecule has 2 N–H and O–H groups in total. The van der Waals surface area contributed by atoms with Crippen molar-refractivity contribution in [3.63, 3.8) is 0 Å². The lowest BCUT2D eigenvalue weighted by Gasteiger charge is -2.35. The Labute approximate surface area is 147 Å². The van der Waals surface area contributed by atoms with Crippen LogP contribution in [0.2, 0.25) is 0 Å². The molecule has 2 amide bonds. The quantitative estimate of drug-likeness (QED) is 0.831. The Balaban J connectivity index is 1.52. The SMILES string of the molecule is CC1CN(C(=O)Cn2cc(NC(=O)[C@@H]3CCCCN3)cn2)CC(C)O1. The number of piperidine rings is 1. The van der Waals surface area contributed by atoms with Gasteiger partial charge < -0.3 is 20.3 Å². The molecule has 2 aliphatic heterocycles. The van der Waals surface area contributed by atoms with Gasteiger partial charge in [-0.25, -0.2) is 0 Å². The number of anilines is 1. The van der Waals surface area contributed by atoms with E-state index in [9.17, 15) is 9.59 Å². The zero-order valence-electron chi connectivity index (χ0n) is 14.9. The van der Waals surface area contributed by atoms with Crippen LogP contribution in [0.15, 0.2) is 12.4 Å². The molecule has 2 fully saturated rings. The fourth-order valence-electron chi connectivity index (χ4n) is 3.44. The largest absolute Gasteiger partial charge is 0.372 e. The maximum atomic E-state index is 12.4. The molecular weight excluding hydrogens is 322 g/mol. The van der Waals surface area contributed by atoms with Crippen LogP contribution in [-0.4, -0.2) is 64.4 Å². The Morgan fingerprint density at radius 3 is 2.76 bits per heavy atom. The number of hydrogen-bond acceptors (Lipinski definition) is 5. The summed E-state index contributed by atoms with van der Waals surface area (Å²) >= 11 is 0. The Hall–Kier alpha value is -1.93. The summed E-state index contributed by atoms with van der Waals surface area (Å²) in [5, 5.41) is 10.3. The number of carbonyl (C=O) groups is 2. The molecule has 3 rings (SSSR count). The number of morpholine rings is 1. The molecule has 8 nitrogen and oxygen atoms in total. The molecule has 2 unspecified atom stereocenters. The second-order valence-electron chi connectivity index (χ2n) is 6.97. The summed E-state index contributed by atoms with van der Waals surface area (Å²) in [5.41, 5.74) is 0.619. The lowest BCUT2D eigenvalue weighted by molar-refractivity contribution is -0.144. The van der Waals surface area contributed by atoms with E-state index in [1.54, 1.807) is 17.1 Å². The van der Waals surface area contributed by atoms with Crippen LogP contribution in [0.5, 0.6) is 0 Å². The summed E-state index contributed by atoms with van der Waals surface area (Å²) in [4.78, 5) is 26.5. The van der Waals surface area contributed by atoms with E-state index in [1.807, 2.05) is 18.7 Å². The molecule has 0 radical (unpaired) electrons. The minimum atomic E-state index is -0.143. The molecule has 1 aromatic heterocycles. The third-order valence-corrected chi connectivity index (χ3v) is 4.60. The van der Waals surface area contributed by atoms with Gasteiger partial charge in [-0.15, -0.1) is 0 Å². The second kappa shape index (κ2) is 7.97. The van der Waals surface area contributed by atoms with Gasteiger partial charge in [0.15, 0.2) is 0 Å². The third-order valence-electron chi connectivity index (χ3n) is 4.60. The van der Waals surface area contributed by atoms with E-state index < -0.39 is 0 Å². The Kier molecular flexibility index (Phi) is 5.70. The van der Waals surface area contributed by atoms with E-state index in [4.69, 9.17) is 4.74 Å². The molecule has 3 atom stereocenters. The highest BCUT2D eigenvalue weighted by Crippen LogP contribution is 2.13. The number of hydrogen-bond donors (Lipinski definition) is 2. The van der Waals surface area contributed by atoms with Gasteiger partial charge in [0.1, 0.15) is 6.54 Å². The van der Waals surface area contributed by atoms with Crippen molar-refractivity contribution in [1.82, 2.24) is 20.0 Å². The summed E-state index contributed by atoms with van der Waals surface area (Å²) < 4.78 is 7.22. The zero-order valence-corrected chi connectivity index (χ0v) is 14.9. The van der Waals surface area contributed by atoms with Gasteiger partial charge in [-0.2, -0.15) is 5.10 Å². The minimum absolute atomic E-state index is 0.0110. The molecule has 0 aliphatic carbocycles. The smallest absolute Gasteiger partial charge is 0.244 e. The minimum Gasteiger partial charge on any atom is -0.372 e. The van der Waals surface area contributed by atoms with Crippen molar-refractivity contribution in [3.8, 4) is 0 Å². The van der Waals surface area contributed by atoms with Gasteiger partial charge >= 0.3 is 0 Å². The van der Waals surface area contributed by atoms with E-state index in [0.717, 1.165) is 25.8 Å². The van der Waals surface area contributed by atoms with Crippen molar-refractivity contribution in [2.75, 3.05) is 25.0 Å². The maximum Gasteiger partial charge on any atom is 0.244 e. The summed E-state index contributed by atoms with van der Waals surface area (Å²) in [6.45, 7) is 6.18. The van der Waals surface area contributed by atoms with Crippen LogP contribution in [0.4, 0.5) is 5.69 Å². The molecule has 2 aliphatic rings. The van der Waals surface area contributed by atoms with Crippen molar-refractivity contribution in [2.45, 2.75) is 57.9 Å². The second-order valence-corrected chi connectivity index (χ2v) is 6.97. The number of nitrogens with zero attached hydrogens (tertiary/aromatic N) is 3. The first-order chi connectivity index (χ1) is 12.0. The molecule has 8 heteroatoms. The summed E-state index contributed by atoms with van der Waals surface area (Å²) in [6, 6.07) is -0.143. The summed E-state index contributed by atoms with van der Waals surface area (Å²) in [5.74, 6) is -0.0293. The van der Waals surface area contributed by atoms with Crippen LogP contribution < -0.4 is 10.6 Å². The number of rotatable bonds is 4. The van der Waals surface area contributed by atoms with Gasteiger partial charge in [-0.1, -0.05) is 6.42 Å². The van der Waals surface area contributed by atoms with E-state index >= 15 is 0 Å². The molecule has 0 spiro atoms. The van der Waals surface area contributed by atoms with Gasteiger partial charge in [-0.05, 0) is 33.2 Å². The zero-order chi connectivity index (χ0) is 17.8. The van der Waals surface area contributed by atoms with Crippen molar-refractivity contribution in [1.29, 1.82) is 0 Å². The van der Waals surface area contributed by atoms with Gasteiger partial charge in [0.2, 0.25) is 11.8 Å². The highest BCUT2D eigenvalue weighted by molar-refractivity contribution is 5.94. The summed E-state index contributed by atoms with van der Waals surface area (Å²) in [6.07, 6.45) is 6.40. The van der Waals surface area contributed by atoms with E-state index in [1.165, 1.54) is 0 Å². The molecule has 0 aromatic carbocycles. The fraction of sp³-hybridized carbons (Fsp3) is 0.706. The van der Waals surface area contributed by atoms with E-state index in [2.05, 4.69) is 15.7 Å². The maximum absolute atomic E-state index is 12.4. The standard InChI is InChI=1S/C17H27N5O3/c1-12-8-21(9-13(2)25-12)16(23)11-22-10-14(7-19-22)20-17(24)15-5-3-4-6-18-15/h7,10,12-13,15,18H,3-6,8-9,11H2,1-2H3,(H,20,24)/t12?,13?,15-/m0/s1. The molecule has 0 saturated carbocycles. The van der Waals surface area contributed by atoms with Crippen molar-refractivity contribution in [3.05, 3.63) is 12.4 Å².